The Balaban J connectivity index is 1.62. The maximum atomic E-state index is 11.9. The van der Waals surface area contributed by atoms with E-state index < -0.39 is 0 Å². The lowest BCUT2D eigenvalue weighted by Gasteiger charge is -2.05. The molecule has 0 atom stereocenters. The van der Waals surface area contributed by atoms with E-state index in [-0.39, 0.29) is 5.97 Å². The van der Waals surface area contributed by atoms with Gasteiger partial charge in [-0.1, -0.05) is 269 Å². The lowest BCUT2D eigenvalue weighted by Crippen LogP contribution is -2.07. The van der Waals surface area contributed by atoms with E-state index in [1.54, 1.807) is 0 Å². The van der Waals surface area contributed by atoms with Crippen LogP contribution in [-0.2, 0) is 4.79 Å². The van der Waals surface area contributed by atoms with Crippen molar-refractivity contribution >= 4 is 5.97 Å². The minimum Gasteiger partial charge on any atom is -0.427 e. The highest BCUT2D eigenvalue weighted by Crippen LogP contribution is 2.18. The van der Waals surface area contributed by atoms with Gasteiger partial charge in [0.05, 0.1) is 0 Å². The predicted octanol–water partition coefficient (Wildman–Crippen LogP) is 17.2. The van der Waals surface area contributed by atoms with Crippen molar-refractivity contribution in [1.82, 2.24) is 0 Å². The highest BCUT2D eigenvalue weighted by Gasteiger charge is 2.04. The Hall–Kier alpha value is -1.31. The highest BCUT2D eigenvalue weighted by atomic mass is 16.5. The molecule has 0 saturated heterocycles. The molecule has 1 rings (SSSR count). The monoisotopic (exact) mass is 697 g/mol. The minimum atomic E-state index is -0.0993. The maximum Gasteiger partial charge on any atom is 0.311 e. The van der Waals surface area contributed by atoms with Crippen molar-refractivity contribution < 1.29 is 9.53 Å². The molecule has 0 radical (unpaired) electrons. The summed E-state index contributed by atoms with van der Waals surface area (Å²) < 4.78 is 5.35. The van der Waals surface area contributed by atoms with Gasteiger partial charge in [0, 0.05) is 6.42 Å². The number of carbonyl (C=O) groups is 1. The summed E-state index contributed by atoms with van der Waals surface area (Å²) >= 11 is 0. The van der Waals surface area contributed by atoms with Crippen LogP contribution in [0.5, 0.6) is 5.75 Å². The number of hydrogen-bond donors (Lipinski definition) is 0. The summed E-state index contributed by atoms with van der Waals surface area (Å²) in [4.78, 5) is 11.9. The van der Waals surface area contributed by atoms with E-state index in [0.717, 1.165) is 12.8 Å². The molecule has 0 aromatic heterocycles. The number of ether oxygens (including phenoxy) is 1. The van der Waals surface area contributed by atoms with Gasteiger partial charge >= 0.3 is 5.97 Å². The Morgan fingerprint density at radius 3 is 0.800 bits per heavy atom. The van der Waals surface area contributed by atoms with Crippen molar-refractivity contribution in [2.24, 2.45) is 0 Å². The van der Waals surface area contributed by atoms with E-state index >= 15 is 0 Å². The summed E-state index contributed by atoms with van der Waals surface area (Å²) in [6.07, 6.45) is 56.3. The van der Waals surface area contributed by atoms with E-state index in [4.69, 9.17) is 4.74 Å². The topological polar surface area (TPSA) is 26.3 Å². The highest BCUT2D eigenvalue weighted by molar-refractivity contribution is 5.72. The Morgan fingerprint density at radius 2 is 0.560 bits per heavy atom. The molecule has 0 heterocycles. The second-order valence-corrected chi connectivity index (χ2v) is 16.0. The van der Waals surface area contributed by atoms with Crippen molar-refractivity contribution in [3.05, 3.63) is 30.3 Å². The molecule has 0 unspecified atom stereocenters. The number of hydrogen-bond acceptors (Lipinski definition) is 2. The molecule has 0 spiro atoms. The van der Waals surface area contributed by atoms with Gasteiger partial charge in [0.15, 0.2) is 0 Å². The van der Waals surface area contributed by atoms with Gasteiger partial charge in [0.2, 0.25) is 0 Å². The van der Waals surface area contributed by atoms with Gasteiger partial charge in [-0.25, -0.2) is 0 Å². The summed E-state index contributed by atoms with van der Waals surface area (Å²) in [5.74, 6) is 0.557. The molecular formula is C48H88O2. The van der Waals surface area contributed by atoms with Crippen LogP contribution in [0.4, 0.5) is 0 Å². The number of benzene rings is 1. The molecular weight excluding hydrogens is 609 g/mol. The molecule has 2 heteroatoms. The van der Waals surface area contributed by atoms with Crippen molar-refractivity contribution in [3.8, 4) is 5.75 Å². The van der Waals surface area contributed by atoms with Gasteiger partial charge in [-0.05, 0) is 18.6 Å². The molecule has 0 bridgehead atoms. The van der Waals surface area contributed by atoms with Crippen LogP contribution in [0.25, 0.3) is 0 Å². The van der Waals surface area contributed by atoms with Gasteiger partial charge in [-0.2, -0.15) is 0 Å². The Kier molecular flexibility index (Phi) is 37.8. The molecule has 0 aliphatic heterocycles. The zero-order valence-corrected chi connectivity index (χ0v) is 34.0. The summed E-state index contributed by atoms with van der Waals surface area (Å²) in [5.41, 5.74) is 0. The van der Waals surface area contributed by atoms with Gasteiger partial charge in [0.25, 0.3) is 0 Å². The zero-order chi connectivity index (χ0) is 35.7. The van der Waals surface area contributed by atoms with Crippen molar-refractivity contribution in [2.75, 3.05) is 0 Å². The van der Waals surface area contributed by atoms with E-state index in [9.17, 15) is 4.79 Å². The van der Waals surface area contributed by atoms with Crippen molar-refractivity contribution in [3.63, 3.8) is 0 Å². The van der Waals surface area contributed by atoms with E-state index in [1.165, 1.54) is 238 Å². The molecule has 1 aromatic rings. The number of carbonyl (C=O) groups excluding carboxylic acids is 1. The molecule has 2 nitrogen and oxygen atoms in total. The normalized spacial score (nSPS) is 11.4. The molecule has 0 fully saturated rings. The SMILES string of the molecule is CCCCCCCCCCCCCCCCCCCCCCCCCCCCCCCCCCCCCCCCCC(=O)Oc1ccccc1. The smallest absolute Gasteiger partial charge is 0.311 e. The van der Waals surface area contributed by atoms with Crippen LogP contribution in [0.2, 0.25) is 0 Å². The molecule has 292 valence electrons. The first kappa shape index (κ1) is 46.7. The van der Waals surface area contributed by atoms with Gasteiger partial charge in [0.1, 0.15) is 5.75 Å². The third-order valence-corrected chi connectivity index (χ3v) is 11.0. The van der Waals surface area contributed by atoms with Crippen LogP contribution >= 0.6 is 0 Å². The van der Waals surface area contributed by atoms with E-state index in [2.05, 4.69) is 6.92 Å². The first-order chi connectivity index (χ1) is 24.8. The predicted molar refractivity (Wildman–Crippen MR) is 222 cm³/mol. The number of unbranched alkanes of at least 4 members (excludes halogenated alkanes) is 38. The molecule has 1 aromatic carbocycles. The fourth-order valence-electron chi connectivity index (χ4n) is 7.55. The van der Waals surface area contributed by atoms with Gasteiger partial charge in [-0.15, -0.1) is 0 Å². The standard InChI is InChI=1S/C48H88O2/c1-2-3-4-5-6-7-8-9-10-11-12-13-14-15-16-17-18-19-20-21-22-23-24-25-26-27-28-29-30-31-32-33-34-35-36-37-38-39-43-46-48(49)50-47-44-41-40-42-45-47/h40-42,44-45H,2-39,43,46H2,1H3. The number of esters is 1. The average Bonchev–Trinajstić information content (AvgIpc) is 3.13. The van der Waals surface area contributed by atoms with Crippen LogP contribution in [0.1, 0.15) is 264 Å². The van der Waals surface area contributed by atoms with Crippen LogP contribution < -0.4 is 4.74 Å². The summed E-state index contributed by atoms with van der Waals surface area (Å²) in [7, 11) is 0. The summed E-state index contributed by atoms with van der Waals surface area (Å²) in [6, 6.07) is 9.40. The second kappa shape index (κ2) is 40.5. The summed E-state index contributed by atoms with van der Waals surface area (Å²) in [5, 5.41) is 0. The van der Waals surface area contributed by atoms with E-state index in [1.807, 2.05) is 30.3 Å². The molecule has 0 amide bonds. The molecule has 50 heavy (non-hydrogen) atoms. The van der Waals surface area contributed by atoms with Crippen LogP contribution in [0.15, 0.2) is 30.3 Å². The lowest BCUT2D eigenvalue weighted by molar-refractivity contribution is -0.134. The second-order valence-electron chi connectivity index (χ2n) is 16.0. The van der Waals surface area contributed by atoms with Crippen LogP contribution in [-0.4, -0.2) is 5.97 Å². The third-order valence-electron chi connectivity index (χ3n) is 11.0. The average molecular weight is 697 g/mol. The number of rotatable bonds is 41. The first-order valence-corrected chi connectivity index (χ1v) is 23.1. The fraction of sp³-hybridized carbons (Fsp3) is 0.854. The molecule has 0 aliphatic rings. The summed E-state index contributed by atoms with van der Waals surface area (Å²) in [6.45, 7) is 2.31. The minimum absolute atomic E-state index is 0.0993. The lowest BCUT2D eigenvalue weighted by atomic mass is 10.0. The van der Waals surface area contributed by atoms with Crippen molar-refractivity contribution in [2.45, 2.75) is 264 Å². The Bertz CT molecular complexity index is 774. The quantitative estimate of drug-likeness (QED) is 0.0387. The van der Waals surface area contributed by atoms with Crippen LogP contribution in [0, 0.1) is 0 Å². The maximum absolute atomic E-state index is 11.9. The first-order valence-electron chi connectivity index (χ1n) is 23.1. The Morgan fingerprint density at radius 1 is 0.340 bits per heavy atom. The molecule has 0 saturated carbocycles. The van der Waals surface area contributed by atoms with Gasteiger partial charge < -0.3 is 4.74 Å². The Labute approximate surface area is 314 Å². The molecule has 0 aliphatic carbocycles. The largest absolute Gasteiger partial charge is 0.427 e. The fourth-order valence-corrected chi connectivity index (χ4v) is 7.55. The molecule has 0 N–H and O–H groups in total. The van der Waals surface area contributed by atoms with E-state index in [0.29, 0.717) is 12.2 Å². The van der Waals surface area contributed by atoms with Crippen LogP contribution in [0.3, 0.4) is 0 Å². The third kappa shape index (κ3) is 36.5. The zero-order valence-electron chi connectivity index (χ0n) is 34.0. The van der Waals surface area contributed by atoms with Crippen molar-refractivity contribution in [1.29, 1.82) is 0 Å². The van der Waals surface area contributed by atoms with Gasteiger partial charge in [-0.3, -0.25) is 4.79 Å². The number of para-hydroxylation sites is 1.